The molecule has 0 saturated carbocycles. The van der Waals surface area contributed by atoms with Gasteiger partial charge in [-0.2, -0.15) is 0 Å². The van der Waals surface area contributed by atoms with E-state index in [4.69, 9.17) is 4.98 Å². The SMILES string of the molecule is C[C@H]1C[C@@H](C(=O)N2CCC(c3nc(C(C)(C)C)cs3)CC2)CCN1.Cl. The quantitative estimate of drug-likeness (QED) is 0.838. The first-order valence-corrected chi connectivity index (χ1v) is 10.2. The molecule has 2 saturated heterocycles. The summed E-state index contributed by atoms with van der Waals surface area (Å²) in [6.07, 6.45) is 4.09. The number of nitrogens with one attached hydrogen (secondary N) is 1. The highest BCUT2D eigenvalue weighted by molar-refractivity contribution is 7.09. The molecular formula is C19H32ClN3OS. The van der Waals surface area contributed by atoms with Crippen molar-refractivity contribution in [2.45, 2.75) is 70.8 Å². The number of hydrogen-bond acceptors (Lipinski definition) is 4. The van der Waals surface area contributed by atoms with Crippen molar-refractivity contribution in [3.05, 3.63) is 16.1 Å². The second kappa shape index (κ2) is 8.36. The second-order valence-electron chi connectivity index (χ2n) is 8.50. The lowest BCUT2D eigenvalue weighted by atomic mass is 9.90. The van der Waals surface area contributed by atoms with Crippen LogP contribution in [0.4, 0.5) is 0 Å². The molecule has 2 atom stereocenters. The predicted octanol–water partition coefficient (Wildman–Crippen LogP) is 3.96. The Morgan fingerprint density at radius 1 is 1.28 bits per heavy atom. The molecule has 3 heterocycles. The number of amides is 1. The third-order valence-electron chi connectivity index (χ3n) is 5.42. The van der Waals surface area contributed by atoms with E-state index in [1.54, 1.807) is 11.3 Å². The number of likely N-dealkylation sites (tertiary alicyclic amines) is 1. The van der Waals surface area contributed by atoms with Crippen LogP contribution in [0, 0.1) is 5.92 Å². The summed E-state index contributed by atoms with van der Waals surface area (Å²) in [5.74, 6) is 1.14. The molecule has 3 rings (SSSR count). The molecule has 1 amide bonds. The van der Waals surface area contributed by atoms with Crippen molar-refractivity contribution in [1.82, 2.24) is 15.2 Å². The average molecular weight is 386 g/mol. The topological polar surface area (TPSA) is 45.2 Å². The summed E-state index contributed by atoms with van der Waals surface area (Å²) in [4.78, 5) is 19.8. The molecule has 1 N–H and O–H groups in total. The van der Waals surface area contributed by atoms with E-state index in [1.165, 1.54) is 10.7 Å². The normalized spacial score (nSPS) is 25.5. The van der Waals surface area contributed by atoms with Crippen LogP contribution >= 0.6 is 23.7 Å². The molecule has 2 aliphatic rings. The summed E-state index contributed by atoms with van der Waals surface area (Å²) in [6, 6.07) is 0.469. The molecule has 2 aliphatic heterocycles. The monoisotopic (exact) mass is 385 g/mol. The van der Waals surface area contributed by atoms with Gasteiger partial charge in [0.2, 0.25) is 5.91 Å². The molecule has 1 aromatic heterocycles. The van der Waals surface area contributed by atoms with Gasteiger partial charge in [0.25, 0.3) is 0 Å². The maximum absolute atomic E-state index is 12.8. The van der Waals surface area contributed by atoms with Gasteiger partial charge in [-0.3, -0.25) is 4.79 Å². The Hall–Kier alpha value is -0.650. The minimum absolute atomic E-state index is 0. The van der Waals surface area contributed by atoms with Gasteiger partial charge in [0.15, 0.2) is 0 Å². The van der Waals surface area contributed by atoms with Crippen molar-refractivity contribution < 1.29 is 4.79 Å². The Bertz CT molecular complexity index is 575. The number of carbonyl (C=O) groups excluding carboxylic acids is 1. The molecule has 0 unspecified atom stereocenters. The third kappa shape index (κ3) is 4.95. The zero-order valence-corrected chi connectivity index (χ0v) is 17.5. The first-order valence-electron chi connectivity index (χ1n) is 9.32. The maximum atomic E-state index is 12.8. The molecule has 142 valence electrons. The number of nitrogens with zero attached hydrogens (tertiary/aromatic N) is 2. The molecular weight excluding hydrogens is 354 g/mol. The van der Waals surface area contributed by atoms with Gasteiger partial charge in [0.05, 0.1) is 10.7 Å². The van der Waals surface area contributed by atoms with Crippen molar-refractivity contribution in [2.75, 3.05) is 19.6 Å². The Morgan fingerprint density at radius 3 is 2.52 bits per heavy atom. The van der Waals surface area contributed by atoms with Crippen LogP contribution in [0.5, 0.6) is 0 Å². The molecule has 25 heavy (non-hydrogen) atoms. The van der Waals surface area contributed by atoms with Gasteiger partial charge >= 0.3 is 0 Å². The van der Waals surface area contributed by atoms with E-state index in [-0.39, 0.29) is 23.7 Å². The largest absolute Gasteiger partial charge is 0.342 e. The van der Waals surface area contributed by atoms with Crippen molar-refractivity contribution in [3.8, 4) is 0 Å². The van der Waals surface area contributed by atoms with Crippen LogP contribution in [-0.4, -0.2) is 41.5 Å². The second-order valence-corrected chi connectivity index (χ2v) is 9.39. The summed E-state index contributed by atoms with van der Waals surface area (Å²) >= 11 is 1.80. The lowest BCUT2D eigenvalue weighted by Gasteiger charge is -2.36. The van der Waals surface area contributed by atoms with Gasteiger partial charge in [-0.1, -0.05) is 20.8 Å². The predicted molar refractivity (Wildman–Crippen MR) is 107 cm³/mol. The maximum Gasteiger partial charge on any atom is 0.225 e. The minimum Gasteiger partial charge on any atom is -0.342 e. The van der Waals surface area contributed by atoms with Crippen molar-refractivity contribution in [2.24, 2.45) is 5.92 Å². The zero-order chi connectivity index (χ0) is 17.3. The fourth-order valence-electron chi connectivity index (χ4n) is 3.78. The van der Waals surface area contributed by atoms with Crippen LogP contribution in [0.1, 0.15) is 70.0 Å². The number of piperidine rings is 2. The summed E-state index contributed by atoms with van der Waals surface area (Å²) in [7, 11) is 0. The van der Waals surface area contributed by atoms with Crippen LogP contribution in [0.25, 0.3) is 0 Å². The summed E-state index contributed by atoms with van der Waals surface area (Å²) in [5.41, 5.74) is 1.32. The van der Waals surface area contributed by atoms with Crippen molar-refractivity contribution in [1.29, 1.82) is 0 Å². The van der Waals surface area contributed by atoms with Gasteiger partial charge in [-0.05, 0) is 39.2 Å². The van der Waals surface area contributed by atoms with Crippen LogP contribution < -0.4 is 5.32 Å². The van der Waals surface area contributed by atoms with Crippen LogP contribution in [0.3, 0.4) is 0 Å². The van der Waals surface area contributed by atoms with Crippen LogP contribution in [0.15, 0.2) is 5.38 Å². The molecule has 2 fully saturated rings. The lowest BCUT2D eigenvalue weighted by molar-refractivity contribution is -0.137. The number of carbonyl (C=O) groups is 1. The number of thiazole rings is 1. The fraction of sp³-hybridized carbons (Fsp3) is 0.789. The Kier molecular flexibility index (Phi) is 6.91. The lowest BCUT2D eigenvalue weighted by Crippen LogP contribution is -2.46. The van der Waals surface area contributed by atoms with E-state index in [1.807, 2.05) is 0 Å². The number of hydrogen-bond donors (Lipinski definition) is 1. The molecule has 4 nitrogen and oxygen atoms in total. The number of rotatable bonds is 2. The van der Waals surface area contributed by atoms with Crippen LogP contribution in [-0.2, 0) is 10.2 Å². The average Bonchev–Trinajstić information content (AvgIpc) is 3.04. The fourth-order valence-corrected chi connectivity index (χ4v) is 5.00. The van der Waals surface area contributed by atoms with E-state index in [2.05, 4.69) is 43.3 Å². The van der Waals surface area contributed by atoms with Gasteiger partial charge < -0.3 is 10.2 Å². The van der Waals surface area contributed by atoms with Crippen molar-refractivity contribution in [3.63, 3.8) is 0 Å². The zero-order valence-electron chi connectivity index (χ0n) is 15.9. The summed E-state index contributed by atoms with van der Waals surface area (Å²) in [6.45, 7) is 11.6. The van der Waals surface area contributed by atoms with E-state index >= 15 is 0 Å². The smallest absolute Gasteiger partial charge is 0.225 e. The molecule has 0 aliphatic carbocycles. The minimum atomic E-state index is 0. The third-order valence-corrected chi connectivity index (χ3v) is 6.43. The van der Waals surface area contributed by atoms with E-state index in [9.17, 15) is 4.79 Å². The molecule has 0 aromatic carbocycles. The standard InChI is InChI=1S/C19H31N3OS.ClH/c1-13-11-15(5-8-20-13)18(23)22-9-6-14(7-10-22)17-21-16(12-24-17)19(2,3)4;/h12-15,20H,5-11H2,1-4H3;1H/t13-,15-;/m0./s1. The highest BCUT2D eigenvalue weighted by Crippen LogP contribution is 2.34. The molecule has 0 bridgehead atoms. The Labute approximate surface area is 162 Å². The van der Waals surface area contributed by atoms with E-state index in [0.717, 1.165) is 45.3 Å². The Balaban J connectivity index is 0.00000225. The molecule has 0 spiro atoms. The Morgan fingerprint density at radius 2 is 1.96 bits per heavy atom. The van der Waals surface area contributed by atoms with E-state index < -0.39 is 0 Å². The number of aromatic nitrogens is 1. The first-order chi connectivity index (χ1) is 11.3. The highest BCUT2D eigenvalue weighted by Gasteiger charge is 2.32. The van der Waals surface area contributed by atoms with E-state index in [0.29, 0.717) is 17.9 Å². The first kappa shape index (κ1) is 20.7. The van der Waals surface area contributed by atoms with Gasteiger partial charge in [-0.15, -0.1) is 23.7 Å². The number of halogens is 1. The van der Waals surface area contributed by atoms with Gasteiger partial charge in [0, 0.05) is 41.8 Å². The van der Waals surface area contributed by atoms with Crippen molar-refractivity contribution >= 4 is 29.7 Å². The molecule has 0 radical (unpaired) electrons. The molecule has 1 aromatic rings. The van der Waals surface area contributed by atoms with Gasteiger partial charge in [0.1, 0.15) is 0 Å². The molecule has 6 heteroatoms. The highest BCUT2D eigenvalue weighted by atomic mass is 35.5. The summed E-state index contributed by atoms with van der Waals surface area (Å²) < 4.78 is 0. The summed E-state index contributed by atoms with van der Waals surface area (Å²) in [5, 5.41) is 6.91. The van der Waals surface area contributed by atoms with Gasteiger partial charge in [-0.25, -0.2) is 4.98 Å². The van der Waals surface area contributed by atoms with Crippen LogP contribution in [0.2, 0.25) is 0 Å².